The number of quaternary nitrogens is 1. The van der Waals surface area contributed by atoms with E-state index < -0.39 is 16.6 Å². The monoisotopic (exact) mass is 434 g/mol. The molecule has 158 valence electrons. The summed E-state index contributed by atoms with van der Waals surface area (Å²) in [4.78, 5) is 0. The van der Waals surface area contributed by atoms with Crippen molar-refractivity contribution in [2.24, 2.45) is 0 Å². The molecule has 0 saturated heterocycles. The molecular weight excluding hydrogens is 412 g/mol. The lowest BCUT2D eigenvalue weighted by Crippen LogP contribution is -2.82. The van der Waals surface area contributed by atoms with Gasteiger partial charge < -0.3 is 9.30 Å². The minimum absolute atomic E-state index is 0.0202. The number of halogens is 2. The molecule has 3 aromatic rings. The molecule has 0 amide bonds. The van der Waals surface area contributed by atoms with Crippen LogP contribution < -0.4 is 9.46 Å². The maximum atomic E-state index is 12.6. The van der Waals surface area contributed by atoms with E-state index in [4.69, 9.17) is 0 Å². The van der Waals surface area contributed by atoms with Crippen LogP contribution in [0.5, 0.6) is 5.75 Å². The van der Waals surface area contributed by atoms with Crippen molar-refractivity contribution in [3.63, 3.8) is 0 Å². The fourth-order valence-corrected chi connectivity index (χ4v) is 4.78. The smallest absolute Gasteiger partial charge is 0.387 e. The van der Waals surface area contributed by atoms with Crippen LogP contribution in [0.3, 0.4) is 0 Å². The first kappa shape index (κ1) is 21.7. The number of aromatic nitrogens is 1. The normalized spacial score (nSPS) is 11.7. The highest BCUT2D eigenvalue weighted by Gasteiger charge is 2.20. The summed E-state index contributed by atoms with van der Waals surface area (Å²) < 4.78 is 56.8. The second kappa shape index (κ2) is 8.81. The van der Waals surface area contributed by atoms with Gasteiger partial charge in [-0.2, -0.15) is 22.5 Å². The van der Waals surface area contributed by atoms with E-state index in [0.717, 1.165) is 5.56 Å². The first-order valence-electron chi connectivity index (χ1n) is 9.48. The van der Waals surface area contributed by atoms with Gasteiger partial charge in [0.1, 0.15) is 23.3 Å². The Kier molecular flexibility index (Phi) is 6.39. The summed E-state index contributed by atoms with van der Waals surface area (Å²) >= 11 is 0. The van der Waals surface area contributed by atoms with Gasteiger partial charge in [-0.3, -0.25) is 0 Å². The molecule has 9 heteroatoms. The van der Waals surface area contributed by atoms with E-state index in [1.807, 2.05) is 11.5 Å². The molecule has 2 N–H and O–H groups in total. The largest absolute Gasteiger partial charge is 0.435 e. The second-order valence-electron chi connectivity index (χ2n) is 6.74. The van der Waals surface area contributed by atoms with Crippen LogP contribution in [-0.4, -0.2) is 25.3 Å². The number of primary sulfonamides is 1. The maximum Gasteiger partial charge on any atom is 0.387 e. The number of ether oxygens (including phenoxy) is 1. The predicted molar refractivity (Wildman–Crippen MR) is 110 cm³/mol. The third-order valence-corrected chi connectivity index (χ3v) is 6.29. The number of nitrogens with two attached hydrogens (primary N) is 1. The lowest BCUT2D eigenvalue weighted by molar-refractivity contribution is -0.397. The number of sulfonamides is 1. The number of benzene rings is 2. The van der Waals surface area contributed by atoms with E-state index >= 15 is 0 Å². The van der Waals surface area contributed by atoms with Gasteiger partial charge in [-0.1, -0.05) is 6.92 Å². The number of alkyl halides is 2. The Hall–Kier alpha value is -2.96. The second-order valence-corrected chi connectivity index (χ2v) is 8.71. The van der Waals surface area contributed by atoms with Gasteiger partial charge in [0.2, 0.25) is 0 Å². The molecule has 1 heterocycles. The van der Waals surface area contributed by atoms with Gasteiger partial charge in [-0.15, -0.1) is 0 Å². The highest BCUT2D eigenvalue weighted by Crippen LogP contribution is 2.35. The molecule has 0 bridgehead atoms. The number of hydrogen-bond donors (Lipinski definition) is 1. The molecule has 0 aliphatic carbocycles. The molecule has 0 fully saturated rings. The van der Waals surface area contributed by atoms with Gasteiger partial charge in [-0.05, 0) is 43.2 Å². The van der Waals surface area contributed by atoms with Crippen LogP contribution in [0.4, 0.5) is 14.5 Å². The van der Waals surface area contributed by atoms with Crippen molar-refractivity contribution in [3.05, 3.63) is 48.0 Å². The highest BCUT2D eigenvalue weighted by atomic mass is 32.2. The molecule has 0 aliphatic rings. The molecule has 3 rings (SSSR count). The van der Waals surface area contributed by atoms with E-state index in [1.54, 1.807) is 37.3 Å². The van der Waals surface area contributed by atoms with Crippen LogP contribution in [0.25, 0.3) is 22.2 Å². The number of nitriles is 1. The van der Waals surface area contributed by atoms with E-state index in [0.29, 0.717) is 40.8 Å². The quantitative estimate of drug-likeness (QED) is 0.547. The third-order valence-electron chi connectivity index (χ3n) is 4.68. The van der Waals surface area contributed by atoms with E-state index in [2.05, 4.69) is 10.8 Å². The van der Waals surface area contributed by atoms with E-state index in [1.165, 1.54) is 16.9 Å². The lowest BCUT2D eigenvalue weighted by Gasteiger charge is -2.10. The molecule has 0 atom stereocenters. The third kappa shape index (κ3) is 4.45. The molecule has 30 heavy (non-hydrogen) atoms. The van der Waals surface area contributed by atoms with E-state index in [-0.39, 0.29) is 11.5 Å². The zero-order chi connectivity index (χ0) is 21.9. The van der Waals surface area contributed by atoms with Crippen molar-refractivity contribution in [2.75, 3.05) is 5.75 Å². The van der Waals surface area contributed by atoms with Crippen molar-refractivity contribution in [1.29, 1.82) is 5.26 Å². The molecule has 6 nitrogen and oxygen atoms in total. The molecule has 0 unspecified atom stereocenters. The summed E-state index contributed by atoms with van der Waals surface area (Å²) in [5.74, 6) is 0.104. The van der Waals surface area contributed by atoms with Crippen LogP contribution in [-0.2, 0) is 16.6 Å². The number of aryl methyl sites for hydroxylation is 1. The van der Waals surface area contributed by atoms with Crippen molar-refractivity contribution >= 4 is 26.6 Å². The van der Waals surface area contributed by atoms with Gasteiger partial charge in [0.15, 0.2) is 0 Å². The molecule has 0 spiro atoms. The van der Waals surface area contributed by atoms with Crippen LogP contribution in [0.15, 0.2) is 42.5 Å². The average Bonchev–Trinajstić information content (AvgIpc) is 3.00. The highest BCUT2D eigenvalue weighted by molar-refractivity contribution is 7.84. The van der Waals surface area contributed by atoms with Crippen LogP contribution in [0.1, 0.15) is 25.8 Å². The fraction of sp³-hybridized carbons (Fsp3) is 0.286. The van der Waals surface area contributed by atoms with Crippen LogP contribution in [0, 0.1) is 11.3 Å². The molecule has 1 aromatic heterocycles. The van der Waals surface area contributed by atoms with Crippen molar-refractivity contribution < 1.29 is 26.7 Å². The van der Waals surface area contributed by atoms with Gasteiger partial charge in [0.05, 0.1) is 16.8 Å². The lowest BCUT2D eigenvalue weighted by atomic mass is 10.1. The Morgan fingerprint density at radius 3 is 2.43 bits per heavy atom. The Bertz CT molecular complexity index is 1200. The molecule has 2 aromatic carbocycles. The number of nitrogens with zero attached hydrogens (tertiary/aromatic N) is 2. The summed E-state index contributed by atoms with van der Waals surface area (Å²) in [5.41, 5.74) is 2.96. The standard InChI is InChI=1S/C21H21F2N3O3S/c1-3-11-30(27,28)25-15-7-5-14(6-8-15)20-18(13-24)17-10-9-16(29-21(22)23)12-19(17)26(20)4-2/h5-10,12,21,25H,3-4,11H2,1-2H3/p+1. The Balaban J connectivity index is 2.08. The topological polar surface area (TPSA) is 88.7 Å². The van der Waals surface area contributed by atoms with E-state index in [9.17, 15) is 22.5 Å². The summed E-state index contributed by atoms with van der Waals surface area (Å²) in [6, 6.07) is 13.6. The summed E-state index contributed by atoms with van der Waals surface area (Å²) in [6.07, 6.45) is 0.538. The number of hydrogen-bond acceptors (Lipinski definition) is 4. The van der Waals surface area contributed by atoms with Gasteiger partial charge in [0.25, 0.3) is 10.0 Å². The Labute approximate surface area is 173 Å². The minimum atomic E-state index is -3.28. The zero-order valence-electron chi connectivity index (χ0n) is 16.6. The number of fused-ring (bicyclic) bond motifs is 1. The van der Waals surface area contributed by atoms with Gasteiger partial charge in [-0.25, -0.2) is 4.72 Å². The summed E-state index contributed by atoms with van der Waals surface area (Å²) in [5, 5.41) is 10.4. The Morgan fingerprint density at radius 1 is 1.17 bits per heavy atom. The molecule has 0 saturated carbocycles. The van der Waals surface area contributed by atoms with Crippen molar-refractivity contribution in [2.45, 2.75) is 33.4 Å². The first-order chi connectivity index (χ1) is 14.3. The van der Waals surface area contributed by atoms with Crippen LogP contribution >= 0.6 is 0 Å². The van der Waals surface area contributed by atoms with Crippen molar-refractivity contribution in [3.8, 4) is 23.1 Å². The average molecular weight is 434 g/mol. The maximum absolute atomic E-state index is 12.6. The van der Waals surface area contributed by atoms with Gasteiger partial charge >= 0.3 is 6.61 Å². The summed E-state index contributed by atoms with van der Waals surface area (Å²) in [7, 11) is -3.28. The Morgan fingerprint density at radius 2 is 1.87 bits per heavy atom. The molecular formula is C21H22F2N3O3S+. The zero-order valence-corrected chi connectivity index (χ0v) is 17.4. The first-order valence-corrected chi connectivity index (χ1v) is 11.2. The molecule has 0 aliphatic heterocycles. The summed E-state index contributed by atoms with van der Waals surface area (Å²) in [6.45, 7) is 1.27. The minimum Gasteiger partial charge on any atom is -0.435 e. The SMILES string of the molecule is CCCS(=O)(=O)[NH2+]c1ccc(-c2c(C#N)c3ccc(OC(F)F)cc3n2CC)cc1. The predicted octanol–water partition coefficient (Wildman–Crippen LogP) is 3.74. The molecule has 0 radical (unpaired) electrons. The van der Waals surface area contributed by atoms with Crippen molar-refractivity contribution in [1.82, 2.24) is 4.57 Å². The van der Waals surface area contributed by atoms with Gasteiger partial charge in [0, 0.05) is 30.1 Å². The fourth-order valence-electron chi connectivity index (χ4n) is 3.52. The van der Waals surface area contributed by atoms with Crippen LogP contribution in [0.2, 0.25) is 0 Å². The number of rotatable bonds is 8.